The highest BCUT2D eigenvalue weighted by atomic mass is 35.5. The predicted octanol–water partition coefficient (Wildman–Crippen LogP) is 3.12. The molecule has 78 valence electrons. The minimum atomic E-state index is -0.600. The smallest absolute Gasteiger partial charge is 0.198 e. The highest BCUT2D eigenvalue weighted by Gasteiger charge is 2.17. The molecule has 2 N–H and O–H groups in total. The Kier molecular flexibility index (Phi) is 2.75. The zero-order valence-corrected chi connectivity index (χ0v) is 8.54. The van der Waals surface area contributed by atoms with E-state index in [1.54, 1.807) is 24.3 Å². The molecule has 4 heteroatoms. The van der Waals surface area contributed by atoms with Crippen LogP contribution in [0.4, 0.5) is 4.39 Å². The molecule has 15 heavy (non-hydrogen) atoms. The van der Waals surface area contributed by atoms with Crippen molar-refractivity contribution in [2.45, 2.75) is 6.04 Å². The van der Waals surface area contributed by atoms with Crippen LogP contribution in [0, 0.1) is 5.82 Å². The number of rotatable bonds is 2. The molecule has 0 aliphatic carbocycles. The molecule has 1 heterocycles. The molecule has 0 bridgehead atoms. The highest BCUT2D eigenvalue weighted by Crippen LogP contribution is 2.28. The quantitative estimate of drug-likeness (QED) is 0.853. The third-order valence-electron chi connectivity index (χ3n) is 2.22. The first-order valence-corrected chi connectivity index (χ1v) is 4.81. The first kappa shape index (κ1) is 10.2. The molecule has 1 aromatic heterocycles. The molecular formula is C11H9ClFNO. The Morgan fingerprint density at radius 1 is 1.20 bits per heavy atom. The van der Waals surface area contributed by atoms with Crippen molar-refractivity contribution < 1.29 is 8.81 Å². The van der Waals surface area contributed by atoms with E-state index < -0.39 is 6.04 Å². The highest BCUT2D eigenvalue weighted by molar-refractivity contribution is 6.29. The fraction of sp³-hybridized carbons (Fsp3) is 0.0909. The Bertz CT molecular complexity index is 469. The van der Waals surface area contributed by atoms with E-state index in [-0.39, 0.29) is 11.0 Å². The molecule has 0 aliphatic rings. The zero-order valence-electron chi connectivity index (χ0n) is 7.78. The van der Waals surface area contributed by atoms with Crippen molar-refractivity contribution in [1.29, 1.82) is 0 Å². The Hall–Kier alpha value is -1.32. The number of halogens is 2. The van der Waals surface area contributed by atoms with Crippen LogP contribution in [-0.4, -0.2) is 0 Å². The fourth-order valence-corrected chi connectivity index (χ4v) is 1.65. The standard InChI is InChI=1S/C11H9ClFNO/c12-11-8(5-6-15-11)10(14)7-3-1-2-4-9(7)13/h1-6,10H,14H2. The summed E-state index contributed by atoms with van der Waals surface area (Å²) >= 11 is 5.77. The molecule has 1 unspecified atom stereocenters. The van der Waals surface area contributed by atoms with Gasteiger partial charge in [0.25, 0.3) is 0 Å². The minimum absolute atomic E-state index is 0.200. The second kappa shape index (κ2) is 4.04. The summed E-state index contributed by atoms with van der Waals surface area (Å²) in [6.45, 7) is 0. The normalized spacial score (nSPS) is 12.7. The summed E-state index contributed by atoms with van der Waals surface area (Å²) in [5, 5.41) is 0.200. The SMILES string of the molecule is NC(c1ccccc1F)c1ccoc1Cl. The number of benzene rings is 1. The lowest BCUT2D eigenvalue weighted by molar-refractivity contribution is 0.561. The van der Waals surface area contributed by atoms with E-state index in [0.717, 1.165) is 0 Å². The van der Waals surface area contributed by atoms with Crippen LogP contribution in [0.3, 0.4) is 0 Å². The van der Waals surface area contributed by atoms with Crippen LogP contribution in [0.25, 0.3) is 0 Å². The second-order valence-electron chi connectivity index (χ2n) is 3.15. The molecule has 0 saturated carbocycles. The van der Waals surface area contributed by atoms with Gasteiger partial charge in [0, 0.05) is 11.1 Å². The largest absolute Gasteiger partial charge is 0.453 e. The number of nitrogens with two attached hydrogens (primary N) is 1. The lowest BCUT2D eigenvalue weighted by Crippen LogP contribution is -2.13. The van der Waals surface area contributed by atoms with Gasteiger partial charge >= 0.3 is 0 Å². The average Bonchev–Trinajstić information content (AvgIpc) is 2.64. The minimum Gasteiger partial charge on any atom is -0.453 e. The third kappa shape index (κ3) is 1.89. The molecule has 0 saturated heterocycles. The fourth-order valence-electron chi connectivity index (χ4n) is 1.42. The molecule has 0 radical (unpaired) electrons. The van der Waals surface area contributed by atoms with E-state index in [0.29, 0.717) is 11.1 Å². The maximum absolute atomic E-state index is 13.4. The van der Waals surface area contributed by atoms with E-state index in [1.807, 2.05) is 0 Å². The summed E-state index contributed by atoms with van der Waals surface area (Å²) in [6.07, 6.45) is 1.43. The molecule has 1 aromatic carbocycles. The van der Waals surface area contributed by atoms with Crippen LogP contribution in [0.5, 0.6) is 0 Å². The summed E-state index contributed by atoms with van der Waals surface area (Å²) in [5.41, 5.74) is 6.87. The van der Waals surface area contributed by atoms with Crippen LogP contribution in [0.1, 0.15) is 17.2 Å². The number of hydrogen-bond donors (Lipinski definition) is 1. The van der Waals surface area contributed by atoms with Crippen molar-refractivity contribution in [3.05, 3.63) is 58.8 Å². The van der Waals surface area contributed by atoms with Gasteiger partial charge in [-0.15, -0.1) is 0 Å². The first-order chi connectivity index (χ1) is 7.20. The van der Waals surface area contributed by atoms with Crippen molar-refractivity contribution in [2.24, 2.45) is 5.73 Å². The Morgan fingerprint density at radius 3 is 2.53 bits per heavy atom. The van der Waals surface area contributed by atoms with Crippen LogP contribution in [0.15, 0.2) is 41.0 Å². The summed E-state index contributed by atoms with van der Waals surface area (Å²) in [4.78, 5) is 0. The van der Waals surface area contributed by atoms with Gasteiger partial charge in [-0.25, -0.2) is 4.39 Å². The Morgan fingerprint density at radius 2 is 1.93 bits per heavy atom. The van der Waals surface area contributed by atoms with Crippen molar-refractivity contribution >= 4 is 11.6 Å². The third-order valence-corrected chi connectivity index (χ3v) is 2.53. The van der Waals surface area contributed by atoms with Gasteiger partial charge in [-0.2, -0.15) is 0 Å². The topological polar surface area (TPSA) is 39.2 Å². The molecule has 2 rings (SSSR count). The first-order valence-electron chi connectivity index (χ1n) is 4.43. The van der Waals surface area contributed by atoms with E-state index in [1.165, 1.54) is 12.3 Å². The van der Waals surface area contributed by atoms with E-state index >= 15 is 0 Å². The molecule has 2 nitrogen and oxygen atoms in total. The van der Waals surface area contributed by atoms with Crippen molar-refractivity contribution in [2.75, 3.05) is 0 Å². The van der Waals surface area contributed by atoms with Gasteiger partial charge in [0.2, 0.25) is 0 Å². The van der Waals surface area contributed by atoms with Crippen LogP contribution < -0.4 is 5.73 Å². The van der Waals surface area contributed by atoms with E-state index in [9.17, 15) is 4.39 Å². The Labute approximate surface area is 91.5 Å². The Balaban J connectivity index is 2.41. The maximum Gasteiger partial charge on any atom is 0.198 e. The van der Waals surface area contributed by atoms with Crippen molar-refractivity contribution in [1.82, 2.24) is 0 Å². The molecule has 0 amide bonds. The number of furan rings is 1. The maximum atomic E-state index is 13.4. The van der Waals surface area contributed by atoms with Gasteiger partial charge in [0.1, 0.15) is 5.82 Å². The van der Waals surface area contributed by atoms with Crippen LogP contribution in [-0.2, 0) is 0 Å². The summed E-state index contributed by atoms with van der Waals surface area (Å²) in [6, 6.07) is 7.37. The molecule has 0 fully saturated rings. The van der Waals surface area contributed by atoms with Crippen molar-refractivity contribution in [3.63, 3.8) is 0 Å². The van der Waals surface area contributed by atoms with E-state index in [4.69, 9.17) is 21.8 Å². The van der Waals surface area contributed by atoms with Gasteiger partial charge in [-0.05, 0) is 23.7 Å². The van der Waals surface area contributed by atoms with Gasteiger partial charge in [-0.1, -0.05) is 18.2 Å². The summed E-state index contributed by atoms with van der Waals surface area (Å²) in [5.74, 6) is -0.345. The molecular weight excluding hydrogens is 217 g/mol. The van der Waals surface area contributed by atoms with Crippen molar-refractivity contribution in [3.8, 4) is 0 Å². The van der Waals surface area contributed by atoms with Gasteiger partial charge in [0.05, 0.1) is 12.3 Å². The van der Waals surface area contributed by atoms with Gasteiger partial charge in [0.15, 0.2) is 5.22 Å². The molecule has 0 spiro atoms. The number of hydrogen-bond acceptors (Lipinski definition) is 2. The van der Waals surface area contributed by atoms with Gasteiger partial charge in [-0.3, -0.25) is 0 Å². The van der Waals surface area contributed by atoms with E-state index in [2.05, 4.69) is 0 Å². The molecule has 0 aliphatic heterocycles. The van der Waals surface area contributed by atoms with Gasteiger partial charge < -0.3 is 10.2 Å². The van der Waals surface area contributed by atoms with Crippen LogP contribution in [0.2, 0.25) is 5.22 Å². The van der Waals surface area contributed by atoms with Crippen LogP contribution >= 0.6 is 11.6 Å². The lowest BCUT2D eigenvalue weighted by atomic mass is 10.0. The molecule has 2 aromatic rings. The molecule has 1 atom stereocenters. The monoisotopic (exact) mass is 225 g/mol. The second-order valence-corrected chi connectivity index (χ2v) is 3.49. The zero-order chi connectivity index (χ0) is 10.8. The lowest BCUT2D eigenvalue weighted by Gasteiger charge is -2.11. The predicted molar refractivity (Wildman–Crippen MR) is 56.1 cm³/mol. The average molecular weight is 226 g/mol. The summed E-state index contributed by atoms with van der Waals surface area (Å²) < 4.78 is 18.3. The summed E-state index contributed by atoms with van der Waals surface area (Å²) in [7, 11) is 0.